The first-order chi connectivity index (χ1) is 8.20. The maximum absolute atomic E-state index is 13.5. The van der Waals surface area contributed by atoms with Crippen molar-refractivity contribution in [2.75, 3.05) is 6.61 Å². The zero-order valence-electron chi connectivity index (χ0n) is 10.4. The van der Waals surface area contributed by atoms with Crippen molar-refractivity contribution in [3.8, 4) is 0 Å². The molecule has 1 N–H and O–H groups in total. The number of benzene rings is 1. The van der Waals surface area contributed by atoms with E-state index in [1.807, 2.05) is 26.0 Å². The van der Waals surface area contributed by atoms with Gasteiger partial charge in [-0.25, -0.2) is 4.39 Å². The number of hydrogen-bond donors (Lipinski definition) is 1. The molecule has 1 atom stereocenters. The van der Waals surface area contributed by atoms with E-state index in [9.17, 15) is 4.39 Å². The van der Waals surface area contributed by atoms with Gasteiger partial charge in [-0.1, -0.05) is 18.2 Å². The number of nitrogens with one attached hydrogen (secondary N) is 1. The summed E-state index contributed by atoms with van der Waals surface area (Å²) in [5.74, 6) is -0.131. The van der Waals surface area contributed by atoms with Gasteiger partial charge < -0.3 is 10.1 Å². The predicted octanol–water partition coefficient (Wildman–Crippen LogP) is 3.04. The number of ether oxygens (including phenoxy) is 1. The van der Waals surface area contributed by atoms with Crippen molar-refractivity contribution >= 4 is 0 Å². The molecule has 1 aromatic rings. The smallest absolute Gasteiger partial charge is 0.127 e. The van der Waals surface area contributed by atoms with Gasteiger partial charge in [0.15, 0.2) is 0 Å². The molecule has 0 saturated heterocycles. The minimum atomic E-state index is -0.131. The van der Waals surface area contributed by atoms with E-state index in [1.54, 1.807) is 6.07 Å². The molecule has 1 aromatic carbocycles. The molecule has 17 heavy (non-hydrogen) atoms. The Labute approximate surface area is 102 Å². The highest BCUT2D eigenvalue weighted by atomic mass is 19.1. The Morgan fingerprint density at radius 3 is 2.76 bits per heavy atom. The second kappa shape index (κ2) is 5.61. The minimum absolute atomic E-state index is 0.0591. The monoisotopic (exact) mass is 237 g/mol. The van der Waals surface area contributed by atoms with Crippen molar-refractivity contribution < 1.29 is 9.13 Å². The van der Waals surface area contributed by atoms with Gasteiger partial charge in [0.1, 0.15) is 5.82 Å². The largest absolute Gasteiger partial charge is 0.378 e. The highest BCUT2D eigenvalue weighted by Crippen LogP contribution is 2.26. The molecule has 0 heterocycles. The highest BCUT2D eigenvalue weighted by Gasteiger charge is 2.30. The lowest BCUT2D eigenvalue weighted by Crippen LogP contribution is -2.46. The minimum Gasteiger partial charge on any atom is -0.378 e. The molecule has 0 spiro atoms. The van der Waals surface area contributed by atoms with Crippen LogP contribution in [0.1, 0.15) is 38.3 Å². The number of rotatable bonds is 5. The van der Waals surface area contributed by atoms with Crippen LogP contribution in [0.5, 0.6) is 0 Å². The van der Waals surface area contributed by atoms with Crippen LogP contribution in [0, 0.1) is 5.82 Å². The fraction of sp³-hybridized carbons (Fsp3) is 0.571. The standard InChI is InChI=1S/C14H20FNO/c1-3-17-12-8-11(9-12)16-10(2)13-6-4-5-7-14(13)15/h4-7,10-12,16H,3,8-9H2,1-2H3/t10-,11?,12?/m1/s1. The van der Waals surface area contributed by atoms with Gasteiger partial charge in [-0.3, -0.25) is 0 Å². The van der Waals surface area contributed by atoms with Crippen LogP contribution < -0.4 is 5.32 Å². The van der Waals surface area contributed by atoms with Gasteiger partial charge in [-0.15, -0.1) is 0 Å². The molecule has 1 aliphatic rings. The van der Waals surface area contributed by atoms with Crippen molar-refractivity contribution in [2.24, 2.45) is 0 Å². The summed E-state index contributed by atoms with van der Waals surface area (Å²) < 4.78 is 19.1. The first-order valence-electron chi connectivity index (χ1n) is 6.32. The maximum atomic E-state index is 13.5. The van der Waals surface area contributed by atoms with Gasteiger partial charge in [0.05, 0.1) is 6.10 Å². The van der Waals surface area contributed by atoms with E-state index in [4.69, 9.17) is 4.74 Å². The van der Waals surface area contributed by atoms with Crippen molar-refractivity contribution in [1.82, 2.24) is 5.32 Å². The molecule has 0 aromatic heterocycles. The van der Waals surface area contributed by atoms with Crippen LogP contribution in [-0.4, -0.2) is 18.8 Å². The second-order valence-corrected chi connectivity index (χ2v) is 4.66. The summed E-state index contributed by atoms with van der Waals surface area (Å²) in [6.45, 7) is 4.80. The third kappa shape index (κ3) is 3.05. The number of halogens is 1. The Morgan fingerprint density at radius 1 is 1.41 bits per heavy atom. The van der Waals surface area contributed by atoms with Crippen LogP contribution >= 0.6 is 0 Å². The van der Waals surface area contributed by atoms with E-state index < -0.39 is 0 Å². The van der Waals surface area contributed by atoms with Crippen molar-refractivity contribution in [3.63, 3.8) is 0 Å². The van der Waals surface area contributed by atoms with Crippen molar-refractivity contribution in [3.05, 3.63) is 35.6 Å². The third-order valence-electron chi connectivity index (χ3n) is 3.35. The van der Waals surface area contributed by atoms with Gasteiger partial charge in [0.2, 0.25) is 0 Å². The van der Waals surface area contributed by atoms with Crippen LogP contribution in [0.15, 0.2) is 24.3 Å². The average Bonchev–Trinajstić information content (AvgIpc) is 2.26. The summed E-state index contributed by atoms with van der Waals surface area (Å²) in [7, 11) is 0. The third-order valence-corrected chi connectivity index (χ3v) is 3.35. The highest BCUT2D eigenvalue weighted by molar-refractivity contribution is 5.20. The quantitative estimate of drug-likeness (QED) is 0.850. The molecule has 94 valence electrons. The molecule has 1 aliphatic carbocycles. The van der Waals surface area contributed by atoms with E-state index in [0.717, 1.165) is 25.0 Å². The van der Waals surface area contributed by atoms with Gasteiger partial charge >= 0.3 is 0 Å². The van der Waals surface area contributed by atoms with E-state index in [1.165, 1.54) is 6.07 Å². The molecular weight excluding hydrogens is 217 g/mol. The van der Waals surface area contributed by atoms with Gasteiger partial charge in [-0.05, 0) is 32.8 Å². The lowest BCUT2D eigenvalue weighted by atomic mass is 9.88. The molecule has 1 fully saturated rings. The van der Waals surface area contributed by atoms with Crippen LogP contribution in [0.25, 0.3) is 0 Å². The van der Waals surface area contributed by atoms with Crippen LogP contribution in [0.2, 0.25) is 0 Å². The first kappa shape index (κ1) is 12.5. The zero-order valence-corrected chi connectivity index (χ0v) is 10.4. The van der Waals surface area contributed by atoms with Crippen LogP contribution in [0.3, 0.4) is 0 Å². The molecule has 0 radical (unpaired) electrons. The first-order valence-corrected chi connectivity index (χ1v) is 6.32. The van der Waals surface area contributed by atoms with E-state index in [-0.39, 0.29) is 11.9 Å². The summed E-state index contributed by atoms with van der Waals surface area (Å²) in [5.41, 5.74) is 0.743. The Balaban J connectivity index is 1.83. The predicted molar refractivity (Wildman–Crippen MR) is 66.4 cm³/mol. The summed E-state index contributed by atoms with van der Waals surface area (Å²) >= 11 is 0. The molecule has 2 rings (SSSR count). The van der Waals surface area contributed by atoms with Gasteiger partial charge in [-0.2, -0.15) is 0 Å². The van der Waals surface area contributed by atoms with Crippen molar-refractivity contribution in [1.29, 1.82) is 0 Å². The summed E-state index contributed by atoms with van der Waals surface area (Å²) in [6, 6.07) is 7.47. The van der Waals surface area contributed by atoms with E-state index in [0.29, 0.717) is 12.1 Å². The molecule has 3 heteroatoms. The summed E-state index contributed by atoms with van der Waals surface area (Å²) in [6.07, 6.45) is 2.46. The molecule has 2 nitrogen and oxygen atoms in total. The van der Waals surface area contributed by atoms with E-state index in [2.05, 4.69) is 5.32 Å². The number of hydrogen-bond acceptors (Lipinski definition) is 2. The average molecular weight is 237 g/mol. The molecule has 0 aliphatic heterocycles. The summed E-state index contributed by atoms with van der Waals surface area (Å²) in [4.78, 5) is 0. The lowest BCUT2D eigenvalue weighted by molar-refractivity contribution is -0.0120. The fourth-order valence-electron chi connectivity index (χ4n) is 2.34. The molecule has 0 unspecified atom stereocenters. The van der Waals surface area contributed by atoms with Crippen molar-refractivity contribution in [2.45, 2.75) is 44.9 Å². The Kier molecular flexibility index (Phi) is 4.13. The molecule has 0 amide bonds. The molecular formula is C14H20FNO. The van der Waals surface area contributed by atoms with Gasteiger partial charge in [0, 0.05) is 24.3 Å². The maximum Gasteiger partial charge on any atom is 0.127 e. The van der Waals surface area contributed by atoms with Crippen LogP contribution in [0.4, 0.5) is 4.39 Å². The normalized spacial score (nSPS) is 25.4. The summed E-state index contributed by atoms with van der Waals surface area (Å²) in [5, 5.41) is 3.44. The van der Waals surface area contributed by atoms with E-state index >= 15 is 0 Å². The Morgan fingerprint density at radius 2 is 2.12 bits per heavy atom. The SMILES string of the molecule is CCOC1CC(N[C@H](C)c2ccccc2F)C1. The topological polar surface area (TPSA) is 21.3 Å². The molecule has 1 saturated carbocycles. The Hall–Kier alpha value is -0.930. The second-order valence-electron chi connectivity index (χ2n) is 4.66. The Bertz CT molecular complexity index is 363. The van der Waals surface area contributed by atoms with Crippen LogP contribution in [-0.2, 0) is 4.74 Å². The van der Waals surface area contributed by atoms with Gasteiger partial charge in [0.25, 0.3) is 0 Å². The fourth-order valence-corrected chi connectivity index (χ4v) is 2.34. The lowest BCUT2D eigenvalue weighted by Gasteiger charge is -2.37. The molecule has 0 bridgehead atoms. The zero-order chi connectivity index (χ0) is 12.3.